The molecule has 0 radical (unpaired) electrons. The predicted octanol–water partition coefficient (Wildman–Crippen LogP) is 2.88. The van der Waals surface area contributed by atoms with Crippen molar-refractivity contribution in [3.8, 4) is 5.75 Å². The molecule has 0 aliphatic carbocycles. The van der Waals surface area contributed by atoms with Crippen molar-refractivity contribution in [2.24, 2.45) is 4.99 Å². The summed E-state index contributed by atoms with van der Waals surface area (Å²) in [7, 11) is 1.76. The van der Waals surface area contributed by atoms with Crippen LogP contribution in [0.2, 0.25) is 0 Å². The maximum absolute atomic E-state index is 5.66. The minimum absolute atomic E-state index is 0.495. The molecule has 0 fully saturated rings. The Bertz CT molecular complexity index is 666. The number of hydrogen-bond donors (Lipinski definition) is 2. The predicted molar refractivity (Wildman–Crippen MR) is 96.0 cm³/mol. The molecule has 2 aromatic rings. The fourth-order valence-corrected chi connectivity index (χ4v) is 2.73. The van der Waals surface area contributed by atoms with E-state index in [-0.39, 0.29) is 0 Å². The number of benzene rings is 1. The van der Waals surface area contributed by atoms with Crippen LogP contribution in [0.1, 0.15) is 15.4 Å². The third kappa shape index (κ3) is 5.41. The summed E-state index contributed by atoms with van der Waals surface area (Å²) in [5.41, 5.74) is 1.07. The quantitative estimate of drug-likeness (QED) is 0.466. The molecule has 23 heavy (non-hydrogen) atoms. The average molecular weight is 330 g/mol. The summed E-state index contributed by atoms with van der Waals surface area (Å²) < 4.78 is 5.66. The summed E-state index contributed by atoms with van der Waals surface area (Å²) in [4.78, 5) is 9.67. The molecule has 0 saturated heterocycles. The molecule has 122 valence electrons. The molecule has 0 aliphatic heterocycles. The van der Waals surface area contributed by atoms with Crippen LogP contribution in [0.4, 0.5) is 0 Å². The van der Waals surface area contributed by atoms with E-state index in [0.29, 0.717) is 19.7 Å². The minimum atomic E-state index is 0.495. The van der Waals surface area contributed by atoms with E-state index in [2.05, 4.69) is 27.2 Å². The SMILES string of the molecule is C=CCOc1ccccc1CNC(=NC)NCc1cnc(C)s1. The van der Waals surface area contributed by atoms with Gasteiger partial charge in [0.2, 0.25) is 0 Å². The van der Waals surface area contributed by atoms with E-state index in [1.807, 2.05) is 37.4 Å². The summed E-state index contributed by atoms with van der Waals surface area (Å²) in [6.45, 7) is 7.51. The van der Waals surface area contributed by atoms with Crippen molar-refractivity contribution >= 4 is 17.3 Å². The van der Waals surface area contributed by atoms with Gasteiger partial charge in [-0.3, -0.25) is 4.99 Å². The Hall–Kier alpha value is -2.34. The molecule has 1 aromatic heterocycles. The molecule has 0 bridgehead atoms. The Morgan fingerprint density at radius 3 is 2.83 bits per heavy atom. The molecular formula is C17H22N4OS. The number of guanidine groups is 1. The van der Waals surface area contributed by atoms with Gasteiger partial charge in [0, 0.05) is 30.2 Å². The van der Waals surface area contributed by atoms with Gasteiger partial charge in [-0.15, -0.1) is 11.3 Å². The van der Waals surface area contributed by atoms with E-state index in [9.17, 15) is 0 Å². The molecule has 0 unspecified atom stereocenters. The Morgan fingerprint density at radius 1 is 1.35 bits per heavy atom. The number of hydrogen-bond acceptors (Lipinski definition) is 4. The van der Waals surface area contributed by atoms with Gasteiger partial charge in [0.05, 0.1) is 11.6 Å². The lowest BCUT2D eigenvalue weighted by molar-refractivity contribution is 0.358. The van der Waals surface area contributed by atoms with Gasteiger partial charge >= 0.3 is 0 Å². The van der Waals surface area contributed by atoms with Gasteiger partial charge in [-0.1, -0.05) is 30.9 Å². The van der Waals surface area contributed by atoms with Gasteiger partial charge in [-0.2, -0.15) is 0 Å². The molecule has 0 saturated carbocycles. The van der Waals surface area contributed by atoms with E-state index in [1.54, 1.807) is 24.5 Å². The Balaban J connectivity index is 1.89. The summed E-state index contributed by atoms with van der Waals surface area (Å²) in [6, 6.07) is 7.94. The number of aliphatic imine (C=N–C) groups is 1. The number of nitrogens with zero attached hydrogens (tertiary/aromatic N) is 2. The second-order valence-electron chi connectivity index (χ2n) is 4.83. The summed E-state index contributed by atoms with van der Waals surface area (Å²) >= 11 is 1.68. The molecular weight excluding hydrogens is 308 g/mol. The van der Waals surface area contributed by atoms with Crippen molar-refractivity contribution in [2.45, 2.75) is 20.0 Å². The molecule has 0 aliphatic rings. The van der Waals surface area contributed by atoms with Gasteiger partial charge in [-0.05, 0) is 13.0 Å². The Kier molecular flexibility index (Phi) is 6.62. The van der Waals surface area contributed by atoms with Crippen LogP contribution in [-0.2, 0) is 13.1 Å². The smallest absolute Gasteiger partial charge is 0.191 e. The molecule has 0 amide bonds. The first-order chi connectivity index (χ1) is 11.2. The summed E-state index contributed by atoms with van der Waals surface area (Å²) in [5, 5.41) is 7.65. The van der Waals surface area contributed by atoms with E-state index < -0.39 is 0 Å². The number of ether oxygens (including phenoxy) is 1. The van der Waals surface area contributed by atoms with Crippen LogP contribution in [0.15, 0.2) is 48.1 Å². The van der Waals surface area contributed by atoms with Crippen molar-refractivity contribution in [3.63, 3.8) is 0 Å². The second-order valence-corrected chi connectivity index (χ2v) is 6.15. The van der Waals surface area contributed by atoms with Gasteiger partial charge in [0.15, 0.2) is 5.96 Å². The number of nitrogens with one attached hydrogen (secondary N) is 2. The largest absolute Gasteiger partial charge is 0.489 e. The van der Waals surface area contributed by atoms with Crippen LogP contribution >= 0.6 is 11.3 Å². The lowest BCUT2D eigenvalue weighted by Gasteiger charge is -2.14. The normalized spacial score (nSPS) is 11.1. The van der Waals surface area contributed by atoms with Gasteiger partial charge in [0.1, 0.15) is 12.4 Å². The molecule has 2 N–H and O–H groups in total. The number of aromatic nitrogens is 1. The van der Waals surface area contributed by atoms with E-state index in [0.717, 1.165) is 22.3 Å². The highest BCUT2D eigenvalue weighted by Gasteiger charge is 2.05. The second kappa shape index (κ2) is 8.95. The van der Waals surface area contributed by atoms with Crippen LogP contribution in [0.25, 0.3) is 0 Å². The molecule has 1 heterocycles. The fraction of sp³-hybridized carbons (Fsp3) is 0.294. The zero-order chi connectivity index (χ0) is 16.5. The third-order valence-corrected chi connectivity index (χ3v) is 4.01. The zero-order valence-electron chi connectivity index (χ0n) is 13.5. The highest BCUT2D eigenvalue weighted by molar-refractivity contribution is 7.11. The lowest BCUT2D eigenvalue weighted by atomic mass is 10.2. The van der Waals surface area contributed by atoms with Crippen LogP contribution in [-0.4, -0.2) is 24.6 Å². The van der Waals surface area contributed by atoms with Crippen molar-refractivity contribution in [1.82, 2.24) is 15.6 Å². The molecule has 0 atom stereocenters. The maximum atomic E-state index is 5.66. The van der Waals surface area contributed by atoms with Gasteiger partial charge in [-0.25, -0.2) is 4.98 Å². The average Bonchev–Trinajstić information content (AvgIpc) is 2.99. The first-order valence-electron chi connectivity index (χ1n) is 7.40. The van der Waals surface area contributed by atoms with Gasteiger partial charge < -0.3 is 15.4 Å². The van der Waals surface area contributed by atoms with E-state index in [4.69, 9.17) is 4.74 Å². The first-order valence-corrected chi connectivity index (χ1v) is 8.22. The summed E-state index contributed by atoms with van der Waals surface area (Å²) in [5.74, 6) is 1.60. The highest BCUT2D eigenvalue weighted by Crippen LogP contribution is 2.17. The standard InChI is InChI=1S/C17H22N4OS/c1-4-9-22-16-8-6-5-7-14(16)10-20-17(18-3)21-12-15-11-19-13(2)23-15/h4-8,11H,1,9-10,12H2,2-3H3,(H2,18,20,21). The topological polar surface area (TPSA) is 58.5 Å². The van der Waals surface area contributed by atoms with Crippen LogP contribution in [0.5, 0.6) is 5.75 Å². The van der Waals surface area contributed by atoms with E-state index >= 15 is 0 Å². The van der Waals surface area contributed by atoms with Crippen LogP contribution < -0.4 is 15.4 Å². The van der Waals surface area contributed by atoms with Crippen LogP contribution in [0.3, 0.4) is 0 Å². The molecule has 5 nitrogen and oxygen atoms in total. The maximum Gasteiger partial charge on any atom is 0.191 e. The molecule has 0 spiro atoms. The van der Waals surface area contributed by atoms with Gasteiger partial charge in [0.25, 0.3) is 0 Å². The Morgan fingerprint density at radius 2 is 2.13 bits per heavy atom. The fourth-order valence-electron chi connectivity index (χ4n) is 2.00. The number of rotatable bonds is 7. The Labute approximate surface area is 141 Å². The lowest BCUT2D eigenvalue weighted by Crippen LogP contribution is -2.36. The molecule has 6 heteroatoms. The summed E-state index contributed by atoms with van der Waals surface area (Å²) in [6.07, 6.45) is 3.63. The first kappa shape index (κ1) is 17.0. The van der Waals surface area contributed by atoms with Crippen molar-refractivity contribution < 1.29 is 4.74 Å². The number of aryl methyl sites for hydroxylation is 1. The van der Waals surface area contributed by atoms with Crippen molar-refractivity contribution in [2.75, 3.05) is 13.7 Å². The van der Waals surface area contributed by atoms with Crippen LogP contribution in [0, 0.1) is 6.92 Å². The van der Waals surface area contributed by atoms with E-state index in [1.165, 1.54) is 4.88 Å². The van der Waals surface area contributed by atoms with Crippen molar-refractivity contribution in [3.05, 3.63) is 58.6 Å². The number of para-hydroxylation sites is 1. The monoisotopic (exact) mass is 330 g/mol. The highest BCUT2D eigenvalue weighted by atomic mass is 32.1. The van der Waals surface area contributed by atoms with Crippen molar-refractivity contribution in [1.29, 1.82) is 0 Å². The number of thiazole rings is 1. The minimum Gasteiger partial charge on any atom is -0.489 e. The molecule has 2 rings (SSSR count). The third-order valence-electron chi connectivity index (χ3n) is 3.10. The molecule has 1 aromatic carbocycles. The zero-order valence-corrected chi connectivity index (χ0v) is 14.3.